The molecule has 0 aliphatic rings. The van der Waals surface area contributed by atoms with Gasteiger partial charge in [-0.05, 0) is 42.8 Å². The van der Waals surface area contributed by atoms with Gasteiger partial charge in [-0.15, -0.1) is 12.6 Å². The molecular formula is C14H11Cl2NOS. The lowest BCUT2D eigenvalue weighted by molar-refractivity contribution is 0.102. The maximum atomic E-state index is 12.2. The third-order valence-electron chi connectivity index (χ3n) is 2.59. The fraction of sp³-hybridized carbons (Fsp3) is 0.0714. The number of amides is 1. The van der Waals surface area contributed by atoms with Crippen LogP contribution < -0.4 is 5.32 Å². The first-order valence-electron chi connectivity index (χ1n) is 5.53. The monoisotopic (exact) mass is 311 g/mol. The number of carbonyl (C=O) groups excluding carboxylic acids is 1. The van der Waals surface area contributed by atoms with Gasteiger partial charge in [-0.1, -0.05) is 29.3 Å². The third-order valence-corrected chi connectivity index (χ3v) is 3.30. The van der Waals surface area contributed by atoms with E-state index < -0.39 is 0 Å². The Morgan fingerprint density at radius 2 is 1.74 bits per heavy atom. The van der Waals surface area contributed by atoms with E-state index in [1.807, 2.05) is 19.1 Å². The summed E-state index contributed by atoms with van der Waals surface area (Å²) in [5.41, 5.74) is 2.01. The van der Waals surface area contributed by atoms with Gasteiger partial charge < -0.3 is 5.32 Å². The molecule has 1 amide bonds. The summed E-state index contributed by atoms with van der Waals surface area (Å²) in [6, 6.07) is 10.3. The van der Waals surface area contributed by atoms with Gasteiger partial charge in [0, 0.05) is 26.2 Å². The molecule has 0 aromatic heterocycles. The molecule has 0 spiro atoms. The van der Waals surface area contributed by atoms with Crippen molar-refractivity contribution < 1.29 is 4.79 Å². The highest BCUT2D eigenvalue weighted by Gasteiger charge is 2.10. The molecule has 0 unspecified atom stereocenters. The normalized spacial score (nSPS) is 10.3. The zero-order valence-electron chi connectivity index (χ0n) is 10.1. The van der Waals surface area contributed by atoms with E-state index in [0.29, 0.717) is 21.3 Å². The second kappa shape index (κ2) is 5.87. The summed E-state index contributed by atoms with van der Waals surface area (Å²) < 4.78 is 0. The van der Waals surface area contributed by atoms with Crippen LogP contribution in [0.15, 0.2) is 41.3 Å². The molecule has 2 aromatic rings. The van der Waals surface area contributed by atoms with Crippen molar-refractivity contribution in [2.24, 2.45) is 0 Å². The summed E-state index contributed by atoms with van der Waals surface area (Å²) in [6.45, 7) is 1.87. The number of aryl methyl sites for hydroxylation is 1. The number of nitrogens with one attached hydrogen (secondary N) is 1. The molecule has 0 aliphatic heterocycles. The number of anilines is 1. The lowest BCUT2D eigenvalue weighted by Gasteiger charge is -2.09. The molecule has 0 aliphatic carbocycles. The van der Waals surface area contributed by atoms with Crippen LogP contribution in [0.1, 0.15) is 15.9 Å². The Morgan fingerprint density at radius 1 is 1.11 bits per heavy atom. The molecular weight excluding hydrogens is 301 g/mol. The first-order chi connectivity index (χ1) is 8.95. The molecule has 2 rings (SSSR count). The Balaban J connectivity index is 2.28. The maximum Gasteiger partial charge on any atom is 0.255 e. The van der Waals surface area contributed by atoms with E-state index >= 15 is 0 Å². The zero-order valence-corrected chi connectivity index (χ0v) is 12.5. The van der Waals surface area contributed by atoms with Gasteiger partial charge in [-0.2, -0.15) is 0 Å². The van der Waals surface area contributed by atoms with Crippen molar-refractivity contribution in [1.82, 2.24) is 0 Å². The predicted molar refractivity (Wildman–Crippen MR) is 82.8 cm³/mol. The molecule has 0 heterocycles. The van der Waals surface area contributed by atoms with Crippen LogP contribution in [0.3, 0.4) is 0 Å². The highest BCUT2D eigenvalue weighted by Crippen LogP contribution is 2.23. The van der Waals surface area contributed by atoms with E-state index in [9.17, 15) is 4.79 Å². The van der Waals surface area contributed by atoms with E-state index in [1.54, 1.807) is 24.3 Å². The average molecular weight is 312 g/mol. The van der Waals surface area contributed by atoms with Crippen LogP contribution in [-0.4, -0.2) is 5.91 Å². The second-order valence-corrected chi connectivity index (χ2v) is 5.50. The number of hydrogen-bond acceptors (Lipinski definition) is 2. The van der Waals surface area contributed by atoms with Crippen molar-refractivity contribution >= 4 is 47.4 Å². The fourth-order valence-electron chi connectivity index (χ4n) is 1.68. The summed E-state index contributed by atoms with van der Waals surface area (Å²) in [5.74, 6) is -0.216. The molecule has 2 nitrogen and oxygen atoms in total. The van der Waals surface area contributed by atoms with Crippen molar-refractivity contribution in [3.05, 3.63) is 57.6 Å². The van der Waals surface area contributed by atoms with Crippen LogP contribution >= 0.6 is 35.8 Å². The summed E-state index contributed by atoms with van der Waals surface area (Å²) in [7, 11) is 0. The zero-order chi connectivity index (χ0) is 14.0. The number of hydrogen-bond donors (Lipinski definition) is 2. The number of rotatable bonds is 2. The number of halogens is 2. The predicted octanol–water partition coefficient (Wildman–Crippen LogP) is 4.84. The van der Waals surface area contributed by atoms with Crippen LogP contribution in [0.25, 0.3) is 0 Å². The Bertz CT molecular complexity index is 623. The largest absolute Gasteiger partial charge is 0.322 e. The Morgan fingerprint density at radius 3 is 2.37 bits per heavy atom. The van der Waals surface area contributed by atoms with E-state index in [1.165, 1.54) is 0 Å². The van der Waals surface area contributed by atoms with Crippen LogP contribution in [0.2, 0.25) is 10.0 Å². The highest BCUT2D eigenvalue weighted by molar-refractivity contribution is 7.80. The van der Waals surface area contributed by atoms with Gasteiger partial charge in [-0.25, -0.2) is 0 Å². The highest BCUT2D eigenvalue weighted by atomic mass is 35.5. The molecule has 0 saturated heterocycles. The minimum atomic E-state index is -0.216. The first kappa shape index (κ1) is 14.3. The van der Waals surface area contributed by atoms with Crippen LogP contribution in [0.5, 0.6) is 0 Å². The lowest BCUT2D eigenvalue weighted by Crippen LogP contribution is -2.13. The average Bonchev–Trinajstić information content (AvgIpc) is 2.30. The molecule has 2 aromatic carbocycles. The second-order valence-electron chi connectivity index (χ2n) is 4.11. The minimum absolute atomic E-state index is 0.216. The number of carbonyl (C=O) groups is 1. The standard InChI is InChI=1S/C14H11Cl2NOS/c1-8-2-3-12(19)7-13(8)14(18)17-11-5-9(15)4-10(16)6-11/h2-7,19H,1H3,(H,17,18). The first-order valence-corrected chi connectivity index (χ1v) is 6.73. The van der Waals surface area contributed by atoms with Crippen molar-refractivity contribution in [1.29, 1.82) is 0 Å². The minimum Gasteiger partial charge on any atom is -0.322 e. The van der Waals surface area contributed by atoms with Gasteiger partial charge in [0.1, 0.15) is 0 Å². The van der Waals surface area contributed by atoms with Crippen molar-refractivity contribution in [3.63, 3.8) is 0 Å². The van der Waals surface area contributed by atoms with E-state index in [0.717, 1.165) is 10.5 Å². The Kier molecular flexibility index (Phi) is 4.40. The lowest BCUT2D eigenvalue weighted by atomic mass is 10.1. The smallest absolute Gasteiger partial charge is 0.255 e. The molecule has 98 valence electrons. The Hall–Kier alpha value is -1.16. The van der Waals surface area contributed by atoms with Gasteiger partial charge in [0.25, 0.3) is 5.91 Å². The molecule has 0 radical (unpaired) electrons. The van der Waals surface area contributed by atoms with Gasteiger partial charge in [0.05, 0.1) is 0 Å². The van der Waals surface area contributed by atoms with Gasteiger partial charge in [0.15, 0.2) is 0 Å². The van der Waals surface area contributed by atoms with Crippen LogP contribution in [0, 0.1) is 6.92 Å². The summed E-state index contributed by atoms with van der Waals surface area (Å²) in [4.78, 5) is 12.9. The number of thiol groups is 1. The van der Waals surface area contributed by atoms with E-state index in [4.69, 9.17) is 23.2 Å². The molecule has 1 N–H and O–H groups in total. The molecule has 19 heavy (non-hydrogen) atoms. The van der Waals surface area contributed by atoms with Crippen molar-refractivity contribution in [2.75, 3.05) is 5.32 Å². The number of benzene rings is 2. The topological polar surface area (TPSA) is 29.1 Å². The SMILES string of the molecule is Cc1ccc(S)cc1C(=O)Nc1cc(Cl)cc(Cl)c1. The maximum absolute atomic E-state index is 12.2. The van der Waals surface area contributed by atoms with Gasteiger partial charge in [-0.3, -0.25) is 4.79 Å². The molecule has 0 fully saturated rings. The quantitative estimate of drug-likeness (QED) is 0.763. The van der Waals surface area contributed by atoms with Crippen LogP contribution in [0.4, 0.5) is 5.69 Å². The van der Waals surface area contributed by atoms with Crippen molar-refractivity contribution in [2.45, 2.75) is 11.8 Å². The third kappa shape index (κ3) is 3.66. The van der Waals surface area contributed by atoms with Crippen LogP contribution in [-0.2, 0) is 0 Å². The van der Waals surface area contributed by atoms with E-state index in [2.05, 4.69) is 17.9 Å². The molecule has 0 bridgehead atoms. The van der Waals surface area contributed by atoms with Gasteiger partial charge >= 0.3 is 0 Å². The fourth-order valence-corrected chi connectivity index (χ4v) is 2.41. The molecule has 5 heteroatoms. The van der Waals surface area contributed by atoms with Gasteiger partial charge in [0.2, 0.25) is 0 Å². The molecule has 0 saturated carbocycles. The summed E-state index contributed by atoms with van der Waals surface area (Å²) >= 11 is 16.0. The van der Waals surface area contributed by atoms with E-state index in [-0.39, 0.29) is 5.91 Å². The summed E-state index contributed by atoms with van der Waals surface area (Å²) in [6.07, 6.45) is 0. The summed E-state index contributed by atoms with van der Waals surface area (Å²) in [5, 5.41) is 3.72. The Labute approximate surface area is 127 Å². The molecule has 0 atom stereocenters. The van der Waals surface area contributed by atoms with Crippen molar-refractivity contribution in [3.8, 4) is 0 Å².